The van der Waals surface area contributed by atoms with Crippen LogP contribution in [0.5, 0.6) is 0 Å². The first-order valence-electron chi connectivity index (χ1n) is 11.0. The fraction of sp³-hybridized carbons (Fsp3) is 0.385. The zero-order valence-electron chi connectivity index (χ0n) is 19.3. The molecule has 3 aromatic rings. The van der Waals surface area contributed by atoms with Gasteiger partial charge >= 0.3 is 0 Å². The van der Waals surface area contributed by atoms with Crippen LogP contribution in [0.1, 0.15) is 59.7 Å². The summed E-state index contributed by atoms with van der Waals surface area (Å²) in [6.45, 7) is 14.1. The molecule has 0 aliphatic carbocycles. The zero-order valence-corrected chi connectivity index (χ0v) is 20.1. The Bertz CT molecular complexity index is 1080. The fourth-order valence-electron chi connectivity index (χ4n) is 4.90. The lowest BCUT2D eigenvalue weighted by Crippen LogP contribution is -2.33. The second-order valence-electron chi connectivity index (χ2n) is 9.18. The molecule has 1 aromatic carbocycles. The molecule has 0 bridgehead atoms. The third-order valence-corrected chi connectivity index (χ3v) is 6.37. The topological polar surface area (TPSA) is 33.1 Å². The summed E-state index contributed by atoms with van der Waals surface area (Å²) in [6, 6.07) is 15.3. The average Bonchev–Trinajstić information content (AvgIpc) is 3.17. The number of hydrogen-bond acceptors (Lipinski definition) is 2. The van der Waals surface area contributed by atoms with Gasteiger partial charge in [0, 0.05) is 29.8 Å². The molecule has 1 aliphatic rings. The average molecular weight is 433 g/mol. The lowest BCUT2D eigenvalue weighted by molar-refractivity contribution is 0.287. The van der Waals surface area contributed by atoms with E-state index in [0.29, 0.717) is 5.92 Å². The van der Waals surface area contributed by atoms with Crippen molar-refractivity contribution in [2.45, 2.75) is 53.6 Å². The van der Waals surface area contributed by atoms with E-state index in [0.717, 1.165) is 17.4 Å². The zero-order chi connectivity index (χ0) is 22.3. The van der Waals surface area contributed by atoms with Crippen molar-refractivity contribution in [2.24, 2.45) is 5.92 Å². The predicted octanol–water partition coefficient (Wildman–Crippen LogP) is 5.73. The number of rotatable bonds is 5. The number of hydrogen-bond donors (Lipinski definition) is 1. The van der Waals surface area contributed by atoms with Gasteiger partial charge in [-0.25, -0.2) is 0 Å². The quantitative estimate of drug-likeness (QED) is 0.522. The maximum Gasteiger partial charge on any atom is 0.170 e. The maximum absolute atomic E-state index is 5.80. The number of aromatic nitrogens is 2. The number of benzene rings is 1. The number of nitrogens with zero attached hydrogens (tertiary/aromatic N) is 3. The molecule has 0 spiro atoms. The first kappa shape index (κ1) is 21.6. The van der Waals surface area contributed by atoms with Gasteiger partial charge in [0.25, 0.3) is 0 Å². The molecule has 0 saturated carbocycles. The van der Waals surface area contributed by atoms with Crippen molar-refractivity contribution in [1.29, 1.82) is 0 Å². The van der Waals surface area contributed by atoms with E-state index in [9.17, 15) is 0 Å². The van der Waals surface area contributed by atoms with Gasteiger partial charge in [-0.3, -0.25) is 4.98 Å². The molecular weight excluding hydrogens is 400 g/mol. The molecule has 1 saturated heterocycles. The summed E-state index contributed by atoms with van der Waals surface area (Å²) < 4.78 is 2.37. The molecule has 0 amide bonds. The minimum atomic E-state index is 0.0284. The molecule has 4 nitrogen and oxygen atoms in total. The Morgan fingerprint density at radius 2 is 1.74 bits per heavy atom. The van der Waals surface area contributed by atoms with Gasteiger partial charge in [-0.1, -0.05) is 26.0 Å². The highest BCUT2D eigenvalue weighted by atomic mass is 32.1. The predicted molar refractivity (Wildman–Crippen MR) is 132 cm³/mol. The Hall–Kier alpha value is -2.66. The van der Waals surface area contributed by atoms with Crippen LogP contribution in [0.15, 0.2) is 48.7 Å². The summed E-state index contributed by atoms with van der Waals surface area (Å²) in [5, 5.41) is 4.38. The fourth-order valence-corrected chi connectivity index (χ4v) is 5.21. The molecule has 2 aromatic heterocycles. The summed E-state index contributed by atoms with van der Waals surface area (Å²) in [4.78, 5) is 7.02. The van der Waals surface area contributed by atoms with Crippen LogP contribution in [0.25, 0.3) is 5.69 Å². The van der Waals surface area contributed by atoms with Gasteiger partial charge in [0.15, 0.2) is 5.11 Å². The van der Waals surface area contributed by atoms with Gasteiger partial charge in [-0.15, -0.1) is 0 Å². The van der Waals surface area contributed by atoms with Gasteiger partial charge in [0.05, 0.1) is 17.8 Å². The summed E-state index contributed by atoms with van der Waals surface area (Å²) >= 11 is 5.80. The van der Waals surface area contributed by atoms with E-state index < -0.39 is 0 Å². The van der Waals surface area contributed by atoms with Crippen LogP contribution in [0.2, 0.25) is 0 Å². The van der Waals surface area contributed by atoms with Crippen LogP contribution in [0.4, 0.5) is 0 Å². The lowest BCUT2D eigenvalue weighted by Gasteiger charge is -2.29. The second kappa shape index (κ2) is 8.46. The molecule has 1 fully saturated rings. The molecule has 0 unspecified atom stereocenters. The molecule has 162 valence electrons. The molecule has 1 aliphatic heterocycles. The molecule has 2 atom stereocenters. The summed E-state index contributed by atoms with van der Waals surface area (Å²) in [5.74, 6) is 0.507. The maximum atomic E-state index is 5.80. The number of aryl methyl sites for hydroxylation is 3. The summed E-state index contributed by atoms with van der Waals surface area (Å²) in [7, 11) is 0. The molecular formula is C26H32N4S. The van der Waals surface area contributed by atoms with Gasteiger partial charge < -0.3 is 14.8 Å². The normalized spacial score (nSPS) is 18.7. The SMILES string of the molecule is Cc1cc(C)cc(-n2c(C)cc([C@@H]3[C@H](c4ccccn4)NC(=S)N3CC(C)C)c2C)c1. The first-order chi connectivity index (χ1) is 14.8. The Morgan fingerprint density at radius 1 is 1.03 bits per heavy atom. The van der Waals surface area contributed by atoms with Crippen LogP contribution < -0.4 is 5.32 Å². The van der Waals surface area contributed by atoms with Gasteiger partial charge in [-0.05, 0) is 92.9 Å². The van der Waals surface area contributed by atoms with Gasteiger partial charge in [0.2, 0.25) is 0 Å². The molecule has 5 heteroatoms. The van der Waals surface area contributed by atoms with E-state index in [1.54, 1.807) is 0 Å². The smallest absolute Gasteiger partial charge is 0.170 e. The van der Waals surface area contributed by atoms with E-state index in [2.05, 4.69) is 91.6 Å². The monoisotopic (exact) mass is 432 g/mol. The van der Waals surface area contributed by atoms with Gasteiger partial charge in [0.1, 0.15) is 0 Å². The Balaban J connectivity index is 1.85. The van der Waals surface area contributed by atoms with Crippen molar-refractivity contribution < 1.29 is 0 Å². The standard InChI is InChI=1S/C26H32N4S/c1-16(2)15-29-25(24(28-26(29)31)23-9-7-8-10-27-23)22-14-19(5)30(20(22)6)21-12-17(3)11-18(4)13-21/h7-14,16,24-25H,15H2,1-6H3,(H,28,31)/t24-,25+/m0/s1. The highest BCUT2D eigenvalue weighted by molar-refractivity contribution is 7.80. The Kier molecular flexibility index (Phi) is 5.89. The largest absolute Gasteiger partial charge is 0.352 e. The first-order valence-corrected chi connectivity index (χ1v) is 11.4. The van der Waals surface area contributed by atoms with Crippen molar-refractivity contribution >= 4 is 17.3 Å². The minimum absolute atomic E-state index is 0.0284. The van der Waals surface area contributed by atoms with Crippen molar-refractivity contribution in [3.63, 3.8) is 0 Å². The molecule has 0 radical (unpaired) electrons. The summed E-state index contributed by atoms with van der Waals surface area (Å²) in [5.41, 5.74) is 8.60. The van der Waals surface area contributed by atoms with E-state index in [4.69, 9.17) is 12.2 Å². The van der Waals surface area contributed by atoms with E-state index >= 15 is 0 Å². The Morgan fingerprint density at radius 3 is 2.35 bits per heavy atom. The third kappa shape index (κ3) is 4.11. The van der Waals surface area contributed by atoms with E-state index in [1.165, 1.54) is 33.8 Å². The van der Waals surface area contributed by atoms with Crippen molar-refractivity contribution in [3.05, 3.63) is 82.4 Å². The van der Waals surface area contributed by atoms with Crippen LogP contribution >= 0.6 is 12.2 Å². The lowest BCUT2D eigenvalue weighted by atomic mass is 9.96. The highest BCUT2D eigenvalue weighted by Gasteiger charge is 2.41. The molecule has 1 N–H and O–H groups in total. The minimum Gasteiger partial charge on any atom is -0.352 e. The van der Waals surface area contributed by atoms with Crippen LogP contribution in [0, 0.1) is 33.6 Å². The highest BCUT2D eigenvalue weighted by Crippen LogP contribution is 2.41. The Labute approximate surface area is 191 Å². The summed E-state index contributed by atoms with van der Waals surface area (Å²) in [6.07, 6.45) is 1.86. The molecule has 4 rings (SSSR count). The number of nitrogens with one attached hydrogen (secondary N) is 1. The van der Waals surface area contributed by atoms with Gasteiger partial charge in [-0.2, -0.15) is 0 Å². The van der Waals surface area contributed by atoms with Crippen molar-refractivity contribution in [1.82, 2.24) is 19.8 Å². The third-order valence-electron chi connectivity index (χ3n) is 6.01. The van der Waals surface area contributed by atoms with Crippen molar-refractivity contribution in [3.8, 4) is 5.69 Å². The van der Waals surface area contributed by atoms with Crippen LogP contribution in [-0.4, -0.2) is 26.1 Å². The van der Waals surface area contributed by atoms with Crippen molar-refractivity contribution in [2.75, 3.05) is 6.54 Å². The molecule has 31 heavy (non-hydrogen) atoms. The van der Waals surface area contributed by atoms with E-state index in [-0.39, 0.29) is 12.1 Å². The van der Waals surface area contributed by atoms with Crippen LogP contribution in [0.3, 0.4) is 0 Å². The van der Waals surface area contributed by atoms with Crippen LogP contribution in [-0.2, 0) is 0 Å². The van der Waals surface area contributed by atoms with E-state index in [1.807, 2.05) is 18.3 Å². The number of thiocarbonyl (C=S) groups is 1. The second-order valence-corrected chi connectivity index (χ2v) is 9.57. The number of pyridine rings is 1. The molecule has 3 heterocycles.